The van der Waals surface area contributed by atoms with E-state index in [0.717, 1.165) is 11.4 Å². The fourth-order valence-corrected chi connectivity index (χ4v) is 1.79. The number of nitrogens with one attached hydrogen (secondary N) is 1. The number of rotatable bonds is 7. The van der Waals surface area contributed by atoms with Gasteiger partial charge in [-0.3, -0.25) is 4.79 Å². The third-order valence-electron chi connectivity index (χ3n) is 1.82. The summed E-state index contributed by atoms with van der Waals surface area (Å²) in [4.78, 5) is 15.6. The van der Waals surface area contributed by atoms with Crippen molar-refractivity contribution in [1.29, 1.82) is 0 Å². The van der Waals surface area contributed by atoms with Crippen LogP contribution in [-0.4, -0.2) is 36.5 Å². The monoisotopic (exact) mass is 262 g/mol. The molecule has 0 aliphatic heterocycles. The van der Waals surface area contributed by atoms with E-state index in [1.807, 2.05) is 6.92 Å². The van der Waals surface area contributed by atoms with Crippen LogP contribution in [0.5, 0.6) is 0 Å². The lowest BCUT2D eigenvalue weighted by molar-refractivity contribution is 0.0940. The first-order chi connectivity index (χ1) is 7.74. The number of nitrogens with zero attached hydrogens (tertiary/aromatic N) is 1. The van der Waals surface area contributed by atoms with Gasteiger partial charge in [-0.05, 0) is 13.3 Å². The molecule has 1 N–H and O–H groups in total. The fourth-order valence-electron chi connectivity index (χ4n) is 1.09. The van der Waals surface area contributed by atoms with Crippen LogP contribution in [0.1, 0.15) is 21.9 Å². The maximum absolute atomic E-state index is 11.5. The Bertz CT molecular complexity index is 330. The van der Waals surface area contributed by atoms with Crippen LogP contribution in [-0.2, 0) is 4.74 Å². The fraction of sp³-hybridized carbons (Fsp3) is 0.600. The average Bonchev–Trinajstić information content (AvgIpc) is 2.70. The molecule has 4 nitrogen and oxygen atoms in total. The van der Waals surface area contributed by atoms with E-state index in [4.69, 9.17) is 16.3 Å². The smallest absolute Gasteiger partial charge is 0.270 e. The second-order valence-electron chi connectivity index (χ2n) is 3.16. The number of thiazole rings is 1. The molecule has 90 valence electrons. The van der Waals surface area contributed by atoms with Gasteiger partial charge in [-0.15, -0.1) is 22.9 Å². The Kier molecular flexibility index (Phi) is 6.37. The molecule has 1 aromatic heterocycles. The van der Waals surface area contributed by atoms with Gasteiger partial charge in [-0.1, -0.05) is 0 Å². The summed E-state index contributed by atoms with van der Waals surface area (Å²) in [5, 5.41) is 5.44. The van der Waals surface area contributed by atoms with E-state index >= 15 is 0 Å². The summed E-state index contributed by atoms with van der Waals surface area (Å²) in [5.41, 5.74) is 0.490. The summed E-state index contributed by atoms with van der Waals surface area (Å²) in [6.07, 6.45) is 0.783. The van der Waals surface area contributed by atoms with E-state index < -0.39 is 0 Å². The van der Waals surface area contributed by atoms with Crippen molar-refractivity contribution in [2.24, 2.45) is 0 Å². The highest BCUT2D eigenvalue weighted by molar-refractivity contribution is 7.09. The highest BCUT2D eigenvalue weighted by Crippen LogP contribution is 2.07. The normalized spacial score (nSPS) is 10.4. The lowest BCUT2D eigenvalue weighted by atomic mass is 10.4. The molecule has 16 heavy (non-hydrogen) atoms. The van der Waals surface area contributed by atoms with Gasteiger partial charge in [-0.25, -0.2) is 4.98 Å². The zero-order valence-corrected chi connectivity index (χ0v) is 10.7. The van der Waals surface area contributed by atoms with E-state index in [1.165, 1.54) is 11.3 Å². The SMILES string of the molecule is Cc1nc(C(=O)NCCCOCCCl)cs1. The lowest BCUT2D eigenvalue weighted by Gasteiger charge is -2.03. The molecule has 0 atom stereocenters. The number of ether oxygens (including phenoxy) is 1. The first-order valence-corrected chi connectivity index (χ1v) is 6.49. The number of aromatic nitrogens is 1. The van der Waals surface area contributed by atoms with Crippen LogP contribution >= 0.6 is 22.9 Å². The topological polar surface area (TPSA) is 51.2 Å². The first kappa shape index (κ1) is 13.4. The first-order valence-electron chi connectivity index (χ1n) is 5.08. The van der Waals surface area contributed by atoms with Crippen LogP contribution in [0, 0.1) is 6.92 Å². The van der Waals surface area contributed by atoms with E-state index in [0.29, 0.717) is 31.3 Å². The van der Waals surface area contributed by atoms with Crippen LogP contribution in [0.4, 0.5) is 0 Å². The molecule has 0 unspecified atom stereocenters. The van der Waals surface area contributed by atoms with Crippen LogP contribution in [0.2, 0.25) is 0 Å². The molecular formula is C10H15ClN2O2S. The number of carbonyl (C=O) groups excluding carboxylic acids is 1. The van der Waals surface area contributed by atoms with E-state index in [-0.39, 0.29) is 5.91 Å². The number of aryl methyl sites for hydroxylation is 1. The highest BCUT2D eigenvalue weighted by atomic mass is 35.5. The molecule has 0 radical (unpaired) electrons. The number of carbonyl (C=O) groups is 1. The van der Waals surface area contributed by atoms with Crippen LogP contribution in [0.25, 0.3) is 0 Å². The predicted octanol–water partition coefficient (Wildman–Crippen LogP) is 1.83. The molecule has 0 aromatic carbocycles. The molecule has 1 amide bonds. The number of halogens is 1. The molecule has 6 heteroatoms. The summed E-state index contributed by atoms with van der Waals surface area (Å²) in [6, 6.07) is 0. The van der Waals surface area contributed by atoms with Gasteiger partial charge in [0.1, 0.15) is 5.69 Å². The van der Waals surface area contributed by atoms with Gasteiger partial charge >= 0.3 is 0 Å². The van der Waals surface area contributed by atoms with E-state index in [1.54, 1.807) is 5.38 Å². The second-order valence-corrected chi connectivity index (χ2v) is 4.60. The molecule has 0 saturated carbocycles. The molecule has 0 aliphatic carbocycles. The Labute approximate surface area is 104 Å². The number of alkyl halides is 1. The second kappa shape index (κ2) is 7.60. The summed E-state index contributed by atoms with van der Waals surface area (Å²) in [6.45, 7) is 3.64. The Morgan fingerprint density at radius 2 is 2.44 bits per heavy atom. The van der Waals surface area contributed by atoms with Gasteiger partial charge in [0, 0.05) is 24.4 Å². The molecule has 1 rings (SSSR count). The van der Waals surface area contributed by atoms with Crippen molar-refractivity contribution in [2.75, 3.05) is 25.6 Å². The maximum atomic E-state index is 11.5. The van der Waals surface area contributed by atoms with E-state index in [9.17, 15) is 4.79 Å². The third-order valence-corrected chi connectivity index (χ3v) is 2.75. The van der Waals surface area contributed by atoms with Gasteiger partial charge in [0.05, 0.1) is 11.6 Å². The molecule has 0 saturated heterocycles. The number of amides is 1. The lowest BCUT2D eigenvalue weighted by Crippen LogP contribution is -2.25. The number of hydrogen-bond donors (Lipinski definition) is 1. The minimum absolute atomic E-state index is 0.123. The molecule has 0 spiro atoms. The van der Waals surface area contributed by atoms with Crippen LogP contribution < -0.4 is 5.32 Å². The summed E-state index contributed by atoms with van der Waals surface area (Å²) in [7, 11) is 0. The molecule has 1 aromatic rings. The zero-order chi connectivity index (χ0) is 11.8. The summed E-state index contributed by atoms with van der Waals surface area (Å²) in [5.74, 6) is 0.381. The Morgan fingerprint density at radius 3 is 3.06 bits per heavy atom. The van der Waals surface area contributed by atoms with Crippen LogP contribution in [0.15, 0.2) is 5.38 Å². The van der Waals surface area contributed by atoms with Crippen molar-refractivity contribution in [3.63, 3.8) is 0 Å². The van der Waals surface area contributed by atoms with Crippen molar-refractivity contribution in [1.82, 2.24) is 10.3 Å². The van der Waals surface area contributed by atoms with Gasteiger partial charge < -0.3 is 10.1 Å². The largest absolute Gasteiger partial charge is 0.380 e. The number of hydrogen-bond acceptors (Lipinski definition) is 4. The average molecular weight is 263 g/mol. The summed E-state index contributed by atoms with van der Waals surface area (Å²) >= 11 is 6.92. The molecule has 0 bridgehead atoms. The van der Waals surface area contributed by atoms with Crippen molar-refractivity contribution in [3.05, 3.63) is 16.1 Å². The third kappa shape index (κ3) is 4.92. The maximum Gasteiger partial charge on any atom is 0.270 e. The molecule has 0 aliphatic rings. The molecular weight excluding hydrogens is 248 g/mol. The highest BCUT2D eigenvalue weighted by Gasteiger charge is 2.07. The Morgan fingerprint density at radius 1 is 1.62 bits per heavy atom. The minimum atomic E-state index is -0.123. The standard InChI is InChI=1S/C10H15ClN2O2S/c1-8-13-9(7-16-8)10(14)12-4-2-5-15-6-3-11/h7H,2-6H2,1H3,(H,12,14). The minimum Gasteiger partial charge on any atom is -0.380 e. The predicted molar refractivity (Wildman–Crippen MR) is 65.3 cm³/mol. The van der Waals surface area contributed by atoms with Crippen molar-refractivity contribution >= 4 is 28.8 Å². The Hall–Kier alpha value is -0.650. The van der Waals surface area contributed by atoms with Crippen molar-refractivity contribution in [2.45, 2.75) is 13.3 Å². The van der Waals surface area contributed by atoms with E-state index in [2.05, 4.69) is 10.3 Å². The Balaban J connectivity index is 2.11. The van der Waals surface area contributed by atoms with Gasteiger partial charge in [-0.2, -0.15) is 0 Å². The molecule has 1 heterocycles. The van der Waals surface area contributed by atoms with Crippen LogP contribution in [0.3, 0.4) is 0 Å². The van der Waals surface area contributed by atoms with Crippen molar-refractivity contribution in [3.8, 4) is 0 Å². The quantitative estimate of drug-likeness (QED) is 0.603. The zero-order valence-electron chi connectivity index (χ0n) is 9.16. The summed E-state index contributed by atoms with van der Waals surface area (Å²) < 4.78 is 5.18. The van der Waals surface area contributed by atoms with Crippen molar-refractivity contribution < 1.29 is 9.53 Å². The van der Waals surface area contributed by atoms with Gasteiger partial charge in [0.15, 0.2) is 0 Å². The van der Waals surface area contributed by atoms with Gasteiger partial charge in [0.2, 0.25) is 0 Å². The molecule has 0 fully saturated rings. The van der Waals surface area contributed by atoms with Gasteiger partial charge in [0.25, 0.3) is 5.91 Å².